The number of hydrogen-bond acceptors (Lipinski definition) is 4. The molecule has 0 atom stereocenters. The van der Waals surface area contributed by atoms with Crippen molar-refractivity contribution in [3.05, 3.63) is 47.7 Å². The lowest BCUT2D eigenvalue weighted by Gasteiger charge is -2.26. The van der Waals surface area contributed by atoms with Crippen molar-refractivity contribution in [3.63, 3.8) is 0 Å². The summed E-state index contributed by atoms with van der Waals surface area (Å²) in [5.41, 5.74) is 6.49. The van der Waals surface area contributed by atoms with E-state index in [1.54, 1.807) is 30.3 Å². The summed E-state index contributed by atoms with van der Waals surface area (Å²) in [6, 6.07) is 10.3. The molecule has 1 aromatic carbocycles. The molecule has 6 heteroatoms. The number of aliphatic hydroxyl groups is 1. The molecule has 24 heavy (non-hydrogen) atoms. The fourth-order valence-corrected chi connectivity index (χ4v) is 2.90. The first-order valence-corrected chi connectivity index (χ1v) is 8.02. The summed E-state index contributed by atoms with van der Waals surface area (Å²) in [5.74, 6) is -0.113. The second kappa shape index (κ2) is 6.88. The Kier molecular flexibility index (Phi) is 4.66. The Labute approximate surface area is 139 Å². The predicted molar refractivity (Wildman–Crippen MR) is 88.4 cm³/mol. The van der Waals surface area contributed by atoms with Gasteiger partial charge in [-0.05, 0) is 49.9 Å². The molecule has 1 saturated carbocycles. The number of rotatable bonds is 4. The minimum atomic E-state index is -0.616. The van der Waals surface area contributed by atoms with Gasteiger partial charge in [0.1, 0.15) is 5.76 Å². The second-order valence-electron chi connectivity index (χ2n) is 6.08. The Morgan fingerprint density at radius 2 is 1.71 bits per heavy atom. The third-order valence-electron chi connectivity index (χ3n) is 4.31. The van der Waals surface area contributed by atoms with Crippen LogP contribution in [0.4, 0.5) is 0 Å². The van der Waals surface area contributed by atoms with Gasteiger partial charge in [-0.2, -0.15) is 0 Å². The zero-order valence-electron chi connectivity index (χ0n) is 13.2. The molecule has 1 aromatic heterocycles. The average Bonchev–Trinajstić information content (AvgIpc) is 3.07. The molecule has 1 heterocycles. The van der Waals surface area contributed by atoms with Crippen LogP contribution in [0.3, 0.4) is 0 Å². The van der Waals surface area contributed by atoms with Gasteiger partial charge in [0, 0.05) is 17.2 Å². The van der Waals surface area contributed by atoms with Gasteiger partial charge in [-0.1, -0.05) is 12.1 Å². The lowest BCUT2D eigenvalue weighted by molar-refractivity contribution is 0.0867. The van der Waals surface area contributed by atoms with Crippen molar-refractivity contribution in [3.8, 4) is 11.3 Å². The predicted octanol–water partition coefficient (Wildman–Crippen LogP) is 2.08. The van der Waals surface area contributed by atoms with E-state index in [2.05, 4.69) is 5.32 Å². The number of nitrogens with one attached hydrogen (secondary N) is 1. The number of amides is 2. The molecule has 3 rings (SSSR count). The third-order valence-corrected chi connectivity index (χ3v) is 4.31. The van der Waals surface area contributed by atoms with Crippen LogP contribution >= 0.6 is 0 Å². The van der Waals surface area contributed by atoms with E-state index in [0.717, 1.165) is 31.2 Å². The van der Waals surface area contributed by atoms with Crippen molar-refractivity contribution in [1.29, 1.82) is 0 Å². The number of carbonyl (C=O) groups is 2. The van der Waals surface area contributed by atoms with Crippen LogP contribution in [0.25, 0.3) is 11.3 Å². The highest BCUT2D eigenvalue weighted by atomic mass is 16.3. The van der Waals surface area contributed by atoms with Gasteiger partial charge in [0.15, 0.2) is 5.76 Å². The minimum Gasteiger partial charge on any atom is -0.451 e. The maximum atomic E-state index is 12.3. The molecule has 1 fully saturated rings. The van der Waals surface area contributed by atoms with E-state index in [0.29, 0.717) is 11.3 Å². The minimum absolute atomic E-state index is 0.103. The Morgan fingerprint density at radius 3 is 2.29 bits per heavy atom. The second-order valence-corrected chi connectivity index (χ2v) is 6.08. The molecule has 4 N–H and O–H groups in total. The van der Waals surface area contributed by atoms with Crippen molar-refractivity contribution in [2.24, 2.45) is 5.73 Å². The van der Waals surface area contributed by atoms with Crippen LogP contribution in [0.2, 0.25) is 0 Å². The van der Waals surface area contributed by atoms with Crippen LogP contribution in [0.1, 0.15) is 46.6 Å². The van der Waals surface area contributed by atoms with Gasteiger partial charge in [-0.15, -0.1) is 0 Å². The standard InChI is InChI=1S/C18H20N2O4/c19-17(22)16-10-9-15(24-16)11-1-3-12(4-2-11)18(23)20-13-5-7-14(21)8-6-13/h1-4,9-10,13-14,21H,5-8H2,(H2,19,22)(H,20,23). The molecule has 0 radical (unpaired) electrons. The van der Waals surface area contributed by atoms with Crippen molar-refractivity contribution in [2.45, 2.75) is 37.8 Å². The quantitative estimate of drug-likeness (QED) is 0.799. The third kappa shape index (κ3) is 3.65. The molecule has 2 amide bonds. The van der Waals surface area contributed by atoms with E-state index in [9.17, 15) is 14.7 Å². The highest BCUT2D eigenvalue weighted by Crippen LogP contribution is 2.23. The summed E-state index contributed by atoms with van der Waals surface area (Å²) in [6.45, 7) is 0. The zero-order valence-corrected chi connectivity index (χ0v) is 13.2. The summed E-state index contributed by atoms with van der Waals surface area (Å²) >= 11 is 0. The normalized spacial score (nSPS) is 20.5. The van der Waals surface area contributed by atoms with Crippen molar-refractivity contribution in [1.82, 2.24) is 5.32 Å². The summed E-state index contributed by atoms with van der Waals surface area (Å²) in [7, 11) is 0. The molecular formula is C18H20N2O4. The largest absolute Gasteiger partial charge is 0.451 e. The number of nitrogens with two attached hydrogens (primary N) is 1. The summed E-state index contributed by atoms with van der Waals surface area (Å²) in [5, 5.41) is 12.5. The number of aliphatic hydroxyl groups excluding tert-OH is 1. The van der Waals surface area contributed by atoms with Gasteiger partial charge in [-0.25, -0.2) is 0 Å². The fraction of sp³-hybridized carbons (Fsp3) is 0.333. The monoisotopic (exact) mass is 328 g/mol. The number of furan rings is 1. The number of carbonyl (C=O) groups excluding carboxylic acids is 2. The van der Waals surface area contributed by atoms with E-state index < -0.39 is 5.91 Å². The molecule has 126 valence electrons. The summed E-state index contributed by atoms with van der Waals surface area (Å²) < 4.78 is 5.36. The zero-order chi connectivity index (χ0) is 17.1. The fourth-order valence-electron chi connectivity index (χ4n) is 2.90. The van der Waals surface area contributed by atoms with Crippen LogP contribution in [0.15, 0.2) is 40.8 Å². The van der Waals surface area contributed by atoms with Crippen molar-refractivity contribution >= 4 is 11.8 Å². The topological polar surface area (TPSA) is 106 Å². The van der Waals surface area contributed by atoms with Crippen LogP contribution in [0.5, 0.6) is 0 Å². The van der Waals surface area contributed by atoms with Gasteiger partial charge in [0.05, 0.1) is 6.10 Å². The molecule has 6 nitrogen and oxygen atoms in total. The van der Waals surface area contributed by atoms with Gasteiger partial charge >= 0.3 is 0 Å². The molecule has 0 bridgehead atoms. The van der Waals surface area contributed by atoms with Gasteiger partial charge in [0.2, 0.25) is 0 Å². The van der Waals surface area contributed by atoms with Crippen LogP contribution in [-0.2, 0) is 0 Å². The molecular weight excluding hydrogens is 308 g/mol. The van der Waals surface area contributed by atoms with Gasteiger partial charge < -0.3 is 20.6 Å². The molecule has 1 aliphatic carbocycles. The number of hydrogen-bond donors (Lipinski definition) is 3. The maximum Gasteiger partial charge on any atom is 0.284 e. The van der Waals surface area contributed by atoms with E-state index in [1.165, 1.54) is 6.07 Å². The van der Waals surface area contributed by atoms with Gasteiger partial charge in [0.25, 0.3) is 11.8 Å². The summed E-state index contributed by atoms with van der Waals surface area (Å²) in [6.07, 6.45) is 2.81. The lowest BCUT2D eigenvalue weighted by Crippen LogP contribution is -2.38. The van der Waals surface area contributed by atoms with Crippen LogP contribution < -0.4 is 11.1 Å². The van der Waals surface area contributed by atoms with Crippen LogP contribution in [-0.4, -0.2) is 29.1 Å². The highest BCUT2D eigenvalue weighted by Gasteiger charge is 2.21. The van der Waals surface area contributed by atoms with E-state index in [1.807, 2.05) is 0 Å². The Balaban J connectivity index is 1.65. The van der Waals surface area contributed by atoms with Crippen molar-refractivity contribution in [2.75, 3.05) is 0 Å². The first-order chi connectivity index (χ1) is 11.5. The Bertz CT molecular complexity index is 728. The molecule has 2 aromatic rings. The van der Waals surface area contributed by atoms with E-state index >= 15 is 0 Å². The lowest BCUT2D eigenvalue weighted by atomic mass is 9.93. The first kappa shape index (κ1) is 16.3. The molecule has 0 aliphatic heterocycles. The van der Waals surface area contributed by atoms with Gasteiger partial charge in [-0.3, -0.25) is 9.59 Å². The average molecular weight is 328 g/mol. The smallest absolute Gasteiger partial charge is 0.284 e. The van der Waals surface area contributed by atoms with E-state index in [-0.39, 0.29) is 23.8 Å². The van der Waals surface area contributed by atoms with E-state index in [4.69, 9.17) is 10.2 Å². The van der Waals surface area contributed by atoms with Crippen LogP contribution in [0, 0.1) is 0 Å². The Hall–Kier alpha value is -2.60. The highest BCUT2D eigenvalue weighted by molar-refractivity contribution is 5.95. The maximum absolute atomic E-state index is 12.3. The summed E-state index contributed by atoms with van der Waals surface area (Å²) in [4.78, 5) is 23.3. The Morgan fingerprint density at radius 1 is 1.04 bits per heavy atom. The SMILES string of the molecule is NC(=O)c1ccc(-c2ccc(C(=O)NC3CCC(O)CC3)cc2)o1. The molecule has 0 saturated heterocycles. The molecule has 1 aliphatic rings. The van der Waals surface area contributed by atoms with Crippen molar-refractivity contribution < 1.29 is 19.1 Å². The number of benzene rings is 1. The first-order valence-electron chi connectivity index (χ1n) is 8.02. The molecule has 0 unspecified atom stereocenters. The number of primary amides is 1. The molecule has 0 spiro atoms.